The summed E-state index contributed by atoms with van der Waals surface area (Å²) in [5.74, 6) is -0.176. The molecule has 0 aliphatic heterocycles. The first-order valence-corrected chi connectivity index (χ1v) is 11.5. The van der Waals surface area contributed by atoms with Gasteiger partial charge in [-0.2, -0.15) is 0 Å². The number of pyridine rings is 1. The highest BCUT2D eigenvalue weighted by atomic mass is 32.1. The minimum atomic E-state index is -0.176. The Morgan fingerprint density at radius 1 is 1.14 bits per heavy atom. The lowest BCUT2D eigenvalue weighted by Gasteiger charge is -2.19. The molecule has 1 aromatic carbocycles. The molecule has 3 heterocycles. The van der Waals surface area contributed by atoms with Crippen molar-refractivity contribution in [3.8, 4) is 10.4 Å². The summed E-state index contributed by atoms with van der Waals surface area (Å²) in [4.78, 5) is 20.5. The summed E-state index contributed by atoms with van der Waals surface area (Å²) >= 11 is 3.11. The highest BCUT2D eigenvalue weighted by molar-refractivity contribution is 7.21. The molecule has 0 atom stereocenters. The second-order valence-electron chi connectivity index (χ2n) is 7.44. The minimum Gasteiger partial charge on any atom is -0.397 e. The number of rotatable bonds is 3. The molecule has 29 heavy (non-hydrogen) atoms. The SMILES string of the molecule is Cc1ccc(NC(=O)c2sc3nc4c(c(-c5cccs5)c3c2N)CCCC4)cc1. The molecular formula is C23H21N3OS2. The molecule has 4 aromatic rings. The second-order valence-corrected chi connectivity index (χ2v) is 9.39. The summed E-state index contributed by atoms with van der Waals surface area (Å²) in [6.07, 6.45) is 4.35. The van der Waals surface area contributed by atoms with Crippen molar-refractivity contribution in [2.24, 2.45) is 0 Å². The van der Waals surface area contributed by atoms with E-state index in [0.29, 0.717) is 10.6 Å². The summed E-state index contributed by atoms with van der Waals surface area (Å²) in [6.45, 7) is 2.02. The molecule has 0 saturated heterocycles. The minimum absolute atomic E-state index is 0.176. The number of nitrogens with zero attached hydrogens (tertiary/aromatic N) is 1. The van der Waals surface area contributed by atoms with Crippen LogP contribution >= 0.6 is 22.7 Å². The average molecular weight is 420 g/mol. The maximum atomic E-state index is 13.0. The Kier molecular flexibility index (Phi) is 4.60. The normalized spacial score (nSPS) is 13.4. The van der Waals surface area contributed by atoms with Gasteiger partial charge in [-0.3, -0.25) is 4.79 Å². The van der Waals surface area contributed by atoms with Crippen molar-refractivity contribution in [1.29, 1.82) is 0 Å². The summed E-state index contributed by atoms with van der Waals surface area (Å²) in [5.41, 5.74) is 12.7. The molecule has 1 aliphatic rings. The van der Waals surface area contributed by atoms with Gasteiger partial charge in [0.25, 0.3) is 5.91 Å². The van der Waals surface area contributed by atoms with Crippen LogP contribution in [0.4, 0.5) is 11.4 Å². The van der Waals surface area contributed by atoms with Crippen molar-refractivity contribution in [2.75, 3.05) is 11.1 Å². The molecule has 3 aromatic heterocycles. The fourth-order valence-corrected chi connectivity index (χ4v) is 5.82. The van der Waals surface area contributed by atoms with Gasteiger partial charge in [-0.25, -0.2) is 4.98 Å². The predicted molar refractivity (Wildman–Crippen MR) is 123 cm³/mol. The monoisotopic (exact) mass is 419 g/mol. The van der Waals surface area contributed by atoms with E-state index in [9.17, 15) is 4.79 Å². The van der Waals surface area contributed by atoms with Crippen LogP contribution in [0.25, 0.3) is 20.7 Å². The topological polar surface area (TPSA) is 68.0 Å². The number of hydrogen-bond acceptors (Lipinski definition) is 5. The zero-order valence-electron chi connectivity index (χ0n) is 16.1. The molecule has 146 valence electrons. The number of anilines is 2. The number of aromatic nitrogens is 1. The number of nitrogens with two attached hydrogens (primary N) is 1. The van der Waals surface area contributed by atoms with E-state index < -0.39 is 0 Å². The first-order valence-electron chi connectivity index (χ1n) is 9.77. The number of hydrogen-bond donors (Lipinski definition) is 2. The molecule has 0 fully saturated rings. The Balaban J connectivity index is 1.65. The molecule has 0 spiro atoms. The molecule has 0 saturated carbocycles. The molecule has 6 heteroatoms. The number of nitrogen functional groups attached to an aromatic ring is 1. The van der Waals surface area contributed by atoms with Gasteiger partial charge in [-0.15, -0.1) is 22.7 Å². The second kappa shape index (κ2) is 7.28. The van der Waals surface area contributed by atoms with Crippen LogP contribution in [0.1, 0.15) is 39.3 Å². The lowest BCUT2D eigenvalue weighted by Crippen LogP contribution is -2.12. The van der Waals surface area contributed by atoms with Crippen LogP contribution in [0.15, 0.2) is 41.8 Å². The summed E-state index contributed by atoms with van der Waals surface area (Å²) in [7, 11) is 0. The van der Waals surface area contributed by atoms with E-state index in [-0.39, 0.29) is 5.91 Å². The van der Waals surface area contributed by atoms with Crippen LogP contribution in [0.5, 0.6) is 0 Å². The van der Waals surface area contributed by atoms with Crippen LogP contribution in [-0.2, 0) is 12.8 Å². The number of fused-ring (bicyclic) bond motifs is 2. The number of carbonyl (C=O) groups is 1. The third-order valence-corrected chi connectivity index (χ3v) is 7.42. The fourth-order valence-electron chi connectivity index (χ4n) is 3.99. The number of nitrogens with one attached hydrogen (secondary N) is 1. The molecule has 4 nitrogen and oxygen atoms in total. The maximum Gasteiger partial charge on any atom is 0.267 e. The average Bonchev–Trinajstić information content (AvgIpc) is 3.37. The largest absolute Gasteiger partial charge is 0.397 e. The first-order chi connectivity index (χ1) is 14.1. The Bertz CT molecular complexity index is 1210. The van der Waals surface area contributed by atoms with Gasteiger partial charge in [0.05, 0.1) is 5.69 Å². The number of benzene rings is 1. The standard InChI is InChI=1S/C23H21N3OS2/c1-13-8-10-14(11-9-13)25-22(27)21-20(24)19-18(17-7-4-12-28-17)15-5-2-3-6-16(15)26-23(19)29-21/h4,7-12H,2-3,5-6,24H2,1H3,(H,25,27). The van der Waals surface area contributed by atoms with Gasteiger partial charge in [0.15, 0.2) is 0 Å². The van der Waals surface area contributed by atoms with E-state index in [1.54, 1.807) is 11.3 Å². The molecular weight excluding hydrogens is 398 g/mol. The Morgan fingerprint density at radius 2 is 1.93 bits per heavy atom. The molecule has 0 bridgehead atoms. The third kappa shape index (κ3) is 3.22. The van der Waals surface area contributed by atoms with Crippen molar-refractivity contribution in [3.63, 3.8) is 0 Å². The van der Waals surface area contributed by atoms with E-state index in [4.69, 9.17) is 10.7 Å². The Morgan fingerprint density at radius 3 is 2.69 bits per heavy atom. The third-order valence-electron chi connectivity index (χ3n) is 5.44. The van der Waals surface area contributed by atoms with E-state index in [1.165, 1.54) is 39.5 Å². The summed E-state index contributed by atoms with van der Waals surface area (Å²) < 4.78 is 0. The van der Waals surface area contributed by atoms with Crippen LogP contribution in [0.3, 0.4) is 0 Å². The smallest absolute Gasteiger partial charge is 0.267 e. The van der Waals surface area contributed by atoms with E-state index >= 15 is 0 Å². The van der Waals surface area contributed by atoms with E-state index in [1.807, 2.05) is 31.2 Å². The van der Waals surface area contributed by atoms with Crippen molar-refractivity contribution in [1.82, 2.24) is 4.98 Å². The number of thiophene rings is 2. The van der Waals surface area contributed by atoms with Gasteiger partial charge in [0.1, 0.15) is 9.71 Å². The quantitative estimate of drug-likeness (QED) is 0.425. The number of amides is 1. The van der Waals surface area contributed by atoms with E-state index in [0.717, 1.165) is 40.7 Å². The van der Waals surface area contributed by atoms with Crippen molar-refractivity contribution >= 4 is 50.2 Å². The van der Waals surface area contributed by atoms with Crippen molar-refractivity contribution < 1.29 is 4.79 Å². The summed E-state index contributed by atoms with van der Waals surface area (Å²) in [6, 6.07) is 12.0. The maximum absolute atomic E-state index is 13.0. The highest BCUT2D eigenvalue weighted by Gasteiger charge is 2.26. The molecule has 1 amide bonds. The van der Waals surface area contributed by atoms with Crippen LogP contribution in [0, 0.1) is 6.92 Å². The molecule has 5 rings (SSSR count). The molecule has 1 aliphatic carbocycles. The first kappa shape index (κ1) is 18.3. The number of aryl methyl sites for hydroxylation is 2. The van der Waals surface area contributed by atoms with Gasteiger partial charge < -0.3 is 11.1 Å². The zero-order valence-corrected chi connectivity index (χ0v) is 17.8. The molecule has 0 radical (unpaired) electrons. The number of carbonyl (C=O) groups excluding carboxylic acids is 1. The Labute approximate surface area is 177 Å². The Hall–Kier alpha value is -2.70. The van der Waals surface area contributed by atoms with E-state index in [2.05, 4.69) is 22.8 Å². The van der Waals surface area contributed by atoms with Gasteiger partial charge in [-0.05, 0) is 61.7 Å². The van der Waals surface area contributed by atoms with Gasteiger partial charge in [0.2, 0.25) is 0 Å². The van der Waals surface area contributed by atoms with Gasteiger partial charge in [0, 0.05) is 27.2 Å². The lowest BCUT2D eigenvalue weighted by molar-refractivity contribution is 0.103. The fraction of sp³-hybridized carbons (Fsp3) is 0.217. The van der Waals surface area contributed by atoms with Crippen LogP contribution < -0.4 is 11.1 Å². The molecule has 3 N–H and O–H groups in total. The molecule has 0 unspecified atom stereocenters. The highest BCUT2D eigenvalue weighted by Crippen LogP contribution is 2.45. The van der Waals surface area contributed by atoms with Crippen LogP contribution in [-0.4, -0.2) is 10.9 Å². The lowest BCUT2D eigenvalue weighted by atomic mass is 9.90. The van der Waals surface area contributed by atoms with Crippen molar-refractivity contribution in [2.45, 2.75) is 32.6 Å². The van der Waals surface area contributed by atoms with Gasteiger partial charge in [-0.1, -0.05) is 23.8 Å². The zero-order chi connectivity index (χ0) is 20.0. The summed E-state index contributed by atoms with van der Waals surface area (Å²) in [5, 5.41) is 6.00. The van der Waals surface area contributed by atoms with Gasteiger partial charge >= 0.3 is 0 Å². The van der Waals surface area contributed by atoms with Crippen LogP contribution in [0.2, 0.25) is 0 Å². The van der Waals surface area contributed by atoms with Crippen molar-refractivity contribution in [3.05, 3.63) is 63.5 Å². The predicted octanol–water partition coefficient (Wildman–Crippen LogP) is 6.05.